The maximum atomic E-state index is 10.8. The van der Waals surface area contributed by atoms with Crippen LogP contribution >= 0.6 is 11.6 Å². The Kier molecular flexibility index (Phi) is 4.43. The Bertz CT molecular complexity index is 166. The number of rotatable bonds is 3. The molecule has 0 aliphatic carbocycles. The first-order chi connectivity index (χ1) is 4.95. The summed E-state index contributed by atoms with van der Waals surface area (Å²) in [6.45, 7) is 7.92. The van der Waals surface area contributed by atoms with Crippen LogP contribution in [0.3, 0.4) is 0 Å². The van der Waals surface area contributed by atoms with Crippen molar-refractivity contribution in [1.82, 2.24) is 0 Å². The highest BCUT2D eigenvalue weighted by molar-refractivity contribution is 6.64. The molecule has 11 heavy (non-hydrogen) atoms. The second-order valence-corrected chi connectivity index (χ2v) is 3.69. The van der Waals surface area contributed by atoms with Gasteiger partial charge in [-0.3, -0.25) is 4.79 Å². The molecule has 1 atom stereocenters. The van der Waals surface area contributed by atoms with E-state index in [-0.39, 0.29) is 17.1 Å². The lowest BCUT2D eigenvalue weighted by atomic mass is 9.95. The zero-order chi connectivity index (χ0) is 9.02. The van der Waals surface area contributed by atoms with E-state index in [0.717, 1.165) is 5.57 Å². The Morgan fingerprint density at radius 3 is 1.91 bits per heavy atom. The lowest BCUT2D eigenvalue weighted by Gasteiger charge is -2.11. The summed E-state index contributed by atoms with van der Waals surface area (Å²) in [6.07, 6.45) is 1.92. The minimum Gasteiger partial charge on any atom is -0.281 e. The van der Waals surface area contributed by atoms with Gasteiger partial charge in [-0.05, 0) is 31.4 Å². The van der Waals surface area contributed by atoms with Gasteiger partial charge in [0.1, 0.15) is 0 Å². The molecule has 0 rings (SSSR count). The molecule has 0 aromatic heterocycles. The largest absolute Gasteiger partial charge is 0.281 e. The van der Waals surface area contributed by atoms with Crippen molar-refractivity contribution in [3.8, 4) is 0 Å². The number of hydrogen-bond acceptors (Lipinski definition) is 1. The molecule has 64 valence electrons. The molecule has 2 heteroatoms. The van der Waals surface area contributed by atoms with Gasteiger partial charge in [-0.15, -0.1) is 0 Å². The van der Waals surface area contributed by atoms with Crippen LogP contribution in [0.1, 0.15) is 27.7 Å². The highest BCUT2D eigenvalue weighted by Crippen LogP contribution is 2.17. The predicted octanol–water partition coefficient (Wildman–Crippen LogP) is 2.99. The predicted molar refractivity (Wildman–Crippen MR) is 48.6 cm³/mol. The highest BCUT2D eigenvalue weighted by Gasteiger charge is 2.16. The maximum Gasteiger partial charge on any atom is 0.228 e. The molecule has 0 fully saturated rings. The van der Waals surface area contributed by atoms with Crippen LogP contribution in [-0.2, 0) is 4.79 Å². The standard InChI is InChI=1S/C9H15ClO/c1-6(2)5-8(7(3)4)9(10)11/h5,7-8H,1-4H3. The number of allylic oxidation sites excluding steroid dienone is 2. The van der Waals surface area contributed by atoms with Gasteiger partial charge in [0.05, 0.1) is 5.92 Å². The van der Waals surface area contributed by atoms with Crippen molar-refractivity contribution >= 4 is 16.8 Å². The summed E-state index contributed by atoms with van der Waals surface area (Å²) in [4.78, 5) is 10.8. The first kappa shape index (κ1) is 10.7. The number of carbonyl (C=O) groups excluding carboxylic acids is 1. The van der Waals surface area contributed by atoms with Crippen molar-refractivity contribution in [1.29, 1.82) is 0 Å². The molecule has 0 bridgehead atoms. The van der Waals surface area contributed by atoms with Gasteiger partial charge in [-0.25, -0.2) is 0 Å². The van der Waals surface area contributed by atoms with Crippen LogP contribution in [0, 0.1) is 11.8 Å². The third-order valence-electron chi connectivity index (χ3n) is 1.49. The first-order valence-corrected chi connectivity index (χ1v) is 4.17. The zero-order valence-electron chi connectivity index (χ0n) is 7.52. The molecular weight excluding hydrogens is 160 g/mol. The topological polar surface area (TPSA) is 17.1 Å². The Morgan fingerprint density at radius 1 is 1.36 bits per heavy atom. The summed E-state index contributed by atoms with van der Waals surface area (Å²) in [5, 5.41) is -0.263. The van der Waals surface area contributed by atoms with E-state index >= 15 is 0 Å². The molecule has 0 aromatic carbocycles. The SMILES string of the molecule is CC(C)=CC(C(=O)Cl)C(C)C. The van der Waals surface area contributed by atoms with E-state index in [2.05, 4.69) is 0 Å². The lowest BCUT2D eigenvalue weighted by Crippen LogP contribution is -2.13. The summed E-state index contributed by atoms with van der Waals surface area (Å²) in [5.41, 5.74) is 1.14. The summed E-state index contributed by atoms with van der Waals surface area (Å²) in [5.74, 6) is 0.163. The van der Waals surface area contributed by atoms with Crippen LogP contribution in [0.5, 0.6) is 0 Å². The quantitative estimate of drug-likeness (QED) is 0.475. The smallest absolute Gasteiger partial charge is 0.228 e. The van der Waals surface area contributed by atoms with Crippen molar-refractivity contribution in [2.24, 2.45) is 11.8 Å². The first-order valence-electron chi connectivity index (χ1n) is 3.79. The van der Waals surface area contributed by atoms with Crippen LogP contribution in [0.2, 0.25) is 0 Å². The average Bonchev–Trinajstić information content (AvgIpc) is 1.81. The van der Waals surface area contributed by atoms with E-state index < -0.39 is 0 Å². The molecule has 0 aliphatic heterocycles. The van der Waals surface area contributed by atoms with E-state index in [1.807, 2.05) is 33.8 Å². The normalized spacial score (nSPS) is 12.9. The van der Waals surface area contributed by atoms with Crippen LogP contribution in [0.25, 0.3) is 0 Å². The molecule has 0 spiro atoms. The Labute approximate surface area is 73.4 Å². The average molecular weight is 175 g/mol. The summed E-state index contributed by atoms with van der Waals surface area (Å²) >= 11 is 5.40. The minimum absolute atomic E-state index is 0.123. The Morgan fingerprint density at radius 2 is 1.82 bits per heavy atom. The van der Waals surface area contributed by atoms with Gasteiger partial charge in [0.15, 0.2) is 0 Å². The fourth-order valence-corrected chi connectivity index (χ4v) is 1.19. The molecular formula is C9H15ClO. The lowest BCUT2D eigenvalue weighted by molar-refractivity contribution is -0.114. The van der Waals surface area contributed by atoms with Gasteiger partial charge in [-0.2, -0.15) is 0 Å². The number of carbonyl (C=O) groups is 1. The molecule has 0 amide bonds. The fourth-order valence-electron chi connectivity index (χ4n) is 0.879. The van der Waals surface area contributed by atoms with Gasteiger partial charge in [0.2, 0.25) is 5.24 Å². The number of halogens is 1. The van der Waals surface area contributed by atoms with Gasteiger partial charge in [0.25, 0.3) is 0 Å². The van der Waals surface area contributed by atoms with Gasteiger partial charge >= 0.3 is 0 Å². The van der Waals surface area contributed by atoms with Crippen LogP contribution < -0.4 is 0 Å². The summed E-state index contributed by atoms with van der Waals surface area (Å²) in [7, 11) is 0. The second kappa shape index (κ2) is 4.55. The number of hydrogen-bond donors (Lipinski definition) is 0. The molecule has 0 saturated carbocycles. The van der Waals surface area contributed by atoms with Crippen LogP contribution in [0.4, 0.5) is 0 Å². The van der Waals surface area contributed by atoms with Gasteiger partial charge < -0.3 is 0 Å². The van der Waals surface area contributed by atoms with E-state index in [4.69, 9.17) is 11.6 Å². The summed E-state index contributed by atoms with van der Waals surface area (Å²) < 4.78 is 0. The van der Waals surface area contributed by atoms with E-state index in [9.17, 15) is 4.79 Å². The third kappa shape index (κ3) is 4.20. The molecule has 1 nitrogen and oxygen atoms in total. The minimum atomic E-state index is -0.263. The molecule has 0 aromatic rings. The molecule has 0 N–H and O–H groups in total. The fraction of sp³-hybridized carbons (Fsp3) is 0.667. The Hall–Kier alpha value is -0.300. The van der Waals surface area contributed by atoms with E-state index in [1.54, 1.807) is 0 Å². The van der Waals surface area contributed by atoms with Crippen LogP contribution in [0.15, 0.2) is 11.6 Å². The molecule has 1 unspecified atom stereocenters. The maximum absolute atomic E-state index is 10.8. The van der Waals surface area contributed by atoms with Crippen molar-refractivity contribution in [3.05, 3.63) is 11.6 Å². The van der Waals surface area contributed by atoms with Crippen molar-refractivity contribution in [2.45, 2.75) is 27.7 Å². The molecule has 0 heterocycles. The second-order valence-electron chi connectivity index (χ2n) is 3.32. The highest BCUT2D eigenvalue weighted by atomic mass is 35.5. The van der Waals surface area contributed by atoms with E-state index in [0.29, 0.717) is 0 Å². The van der Waals surface area contributed by atoms with Crippen LogP contribution in [-0.4, -0.2) is 5.24 Å². The van der Waals surface area contributed by atoms with Crippen molar-refractivity contribution in [2.75, 3.05) is 0 Å². The van der Waals surface area contributed by atoms with Crippen molar-refractivity contribution in [3.63, 3.8) is 0 Å². The Balaban J connectivity index is 4.36. The third-order valence-corrected chi connectivity index (χ3v) is 1.75. The monoisotopic (exact) mass is 174 g/mol. The van der Waals surface area contributed by atoms with Gasteiger partial charge in [-0.1, -0.05) is 25.5 Å². The molecule has 0 aliphatic rings. The van der Waals surface area contributed by atoms with E-state index in [1.165, 1.54) is 0 Å². The molecule has 0 saturated heterocycles. The van der Waals surface area contributed by atoms with Crippen molar-refractivity contribution < 1.29 is 4.79 Å². The molecule has 0 radical (unpaired) electrons. The summed E-state index contributed by atoms with van der Waals surface area (Å²) in [6, 6.07) is 0. The zero-order valence-corrected chi connectivity index (χ0v) is 8.27. The van der Waals surface area contributed by atoms with Gasteiger partial charge in [0, 0.05) is 0 Å².